The monoisotopic (exact) mass is 355 g/mol. The first-order chi connectivity index (χ1) is 9.67. The van der Waals surface area contributed by atoms with E-state index in [1.807, 2.05) is 0 Å². The van der Waals surface area contributed by atoms with Crippen LogP contribution in [0.2, 0.25) is 0 Å². The summed E-state index contributed by atoms with van der Waals surface area (Å²) in [5.74, 6) is 2.14. The van der Waals surface area contributed by atoms with Crippen LogP contribution in [0.5, 0.6) is 0 Å². The van der Waals surface area contributed by atoms with Crippen molar-refractivity contribution in [2.45, 2.75) is 25.3 Å². The molecule has 0 saturated carbocycles. The lowest BCUT2D eigenvalue weighted by atomic mass is 9.98. The standard InChI is InChI=1S/C15H19BrClN3/c1-19-6-2-3-11(9-19)10-20-14-5-4-12(16)7-13(14)18-15(20)8-17/h4-5,7,11H,2-3,6,8-10H2,1H3. The molecule has 0 amide bonds. The molecule has 1 unspecified atom stereocenters. The van der Waals surface area contributed by atoms with Gasteiger partial charge in [-0.05, 0) is 50.6 Å². The second-order valence-corrected chi connectivity index (χ2v) is 6.86. The third-order valence-corrected chi connectivity index (χ3v) is 4.80. The Kier molecular flexibility index (Phi) is 4.34. The van der Waals surface area contributed by atoms with Gasteiger partial charge in [-0.2, -0.15) is 0 Å². The fraction of sp³-hybridized carbons (Fsp3) is 0.533. The predicted octanol–water partition coefficient (Wildman–Crippen LogP) is 3.88. The Morgan fingerprint density at radius 2 is 2.30 bits per heavy atom. The molecule has 20 heavy (non-hydrogen) atoms. The molecular weight excluding hydrogens is 338 g/mol. The number of hydrogen-bond donors (Lipinski definition) is 0. The summed E-state index contributed by atoms with van der Waals surface area (Å²) in [5, 5.41) is 0. The van der Waals surface area contributed by atoms with Crippen LogP contribution in [-0.2, 0) is 12.4 Å². The van der Waals surface area contributed by atoms with Crippen molar-refractivity contribution >= 4 is 38.6 Å². The highest BCUT2D eigenvalue weighted by molar-refractivity contribution is 9.10. The fourth-order valence-electron chi connectivity index (χ4n) is 3.14. The quantitative estimate of drug-likeness (QED) is 0.778. The SMILES string of the molecule is CN1CCCC(Cn2c(CCl)nc3cc(Br)ccc32)C1. The van der Waals surface area contributed by atoms with Crippen LogP contribution in [0, 0.1) is 5.92 Å². The summed E-state index contributed by atoms with van der Waals surface area (Å²) < 4.78 is 3.37. The van der Waals surface area contributed by atoms with Gasteiger partial charge in [-0.15, -0.1) is 11.6 Å². The first kappa shape index (κ1) is 14.4. The first-order valence-corrected chi connectivity index (χ1v) is 8.39. The summed E-state index contributed by atoms with van der Waals surface area (Å²) >= 11 is 9.59. The Bertz CT molecular complexity index is 610. The van der Waals surface area contributed by atoms with Crippen LogP contribution in [0.4, 0.5) is 0 Å². The second kappa shape index (κ2) is 6.04. The summed E-state index contributed by atoms with van der Waals surface area (Å²) in [6, 6.07) is 6.27. The Labute approximate surface area is 133 Å². The Morgan fingerprint density at radius 1 is 1.45 bits per heavy atom. The van der Waals surface area contributed by atoms with E-state index in [1.165, 1.54) is 24.9 Å². The van der Waals surface area contributed by atoms with Crippen LogP contribution in [0.1, 0.15) is 18.7 Å². The van der Waals surface area contributed by atoms with Crippen LogP contribution >= 0.6 is 27.5 Å². The Morgan fingerprint density at radius 3 is 3.05 bits per heavy atom. The minimum absolute atomic E-state index is 0.467. The number of hydrogen-bond acceptors (Lipinski definition) is 2. The number of benzene rings is 1. The molecule has 5 heteroatoms. The maximum absolute atomic E-state index is 6.08. The summed E-state index contributed by atoms with van der Waals surface area (Å²) in [6.07, 6.45) is 2.58. The molecular formula is C15H19BrClN3. The van der Waals surface area contributed by atoms with Gasteiger partial charge in [0.1, 0.15) is 5.82 Å². The lowest BCUT2D eigenvalue weighted by molar-refractivity contribution is 0.195. The van der Waals surface area contributed by atoms with Crippen molar-refractivity contribution in [3.63, 3.8) is 0 Å². The highest BCUT2D eigenvalue weighted by Crippen LogP contribution is 2.25. The van der Waals surface area contributed by atoms with Gasteiger partial charge in [0.05, 0.1) is 16.9 Å². The van der Waals surface area contributed by atoms with Crippen molar-refractivity contribution in [2.75, 3.05) is 20.1 Å². The number of aromatic nitrogens is 2. The Hall–Kier alpha value is -0.580. The molecule has 1 fully saturated rings. The van der Waals surface area contributed by atoms with E-state index >= 15 is 0 Å². The maximum Gasteiger partial charge on any atom is 0.124 e. The number of fused-ring (bicyclic) bond motifs is 1. The number of alkyl halides is 1. The minimum Gasteiger partial charge on any atom is -0.327 e. The minimum atomic E-state index is 0.467. The summed E-state index contributed by atoms with van der Waals surface area (Å²) in [7, 11) is 2.21. The van der Waals surface area contributed by atoms with Gasteiger partial charge < -0.3 is 9.47 Å². The van der Waals surface area contributed by atoms with Crippen molar-refractivity contribution in [1.82, 2.24) is 14.5 Å². The highest BCUT2D eigenvalue weighted by atomic mass is 79.9. The predicted molar refractivity (Wildman–Crippen MR) is 87.2 cm³/mol. The van der Waals surface area contributed by atoms with E-state index in [-0.39, 0.29) is 0 Å². The van der Waals surface area contributed by atoms with Crippen molar-refractivity contribution in [2.24, 2.45) is 5.92 Å². The molecule has 1 aromatic carbocycles. The molecule has 1 aromatic heterocycles. The third-order valence-electron chi connectivity index (χ3n) is 4.07. The molecule has 0 N–H and O–H groups in total. The van der Waals surface area contributed by atoms with Gasteiger partial charge in [0.15, 0.2) is 0 Å². The zero-order valence-corrected chi connectivity index (χ0v) is 14.0. The maximum atomic E-state index is 6.08. The molecule has 3 nitrogen and oxygen atoms in total. The van der Waals surface area contributed by atoms with Crippen molar-refractivity contribution in [1.29, 1.82) is 0 Å². The fourth-order valence-corrected chi connectivity index (χ4v) is 3.69. The van der Waals surface area contributed by atoms with Gasteiger partial charge in [0.2, 0.25) is 0 Å². The van der Waals surface area contributed by atoms with Gasteiger partial charge in [-0.1, -0.05) is 15.9 Å². The molecule has 108 valence electrons. The van der Waals surface area contributed by atoms with E-state index in [9.17, 15) is 0 Å². The van der Waals surface area contributed by atoms with Crippen LogP contribution in [0.25, 0.3) is 11.0 Å². The second-order valence-electron chi connectivity index (χ2n) is 5.68. The zero-order chi connectivity index (χ0) is 14.1. The number of imidazole rings is 1. The largest absolute Gasteiger partial charge is 0.327 e. The molecule has 0 aliphatic carbocycles. The van der Waals surface area contributed by atoms with Crippen LogP contribution < -0.4 is 0 Å². The number of piperidine rings is 1. The van der Waals surface area contributed by atoms with Crippen molar-refractivity contribution in [3.8, 4) is 0 Å². The average molecular weight is 357 g/mol. The zero-order valence-electron chi connectivity index (χ0n) is 11.6. The first-order valence-electron chi connectivity index (χ1n) is 7.06. The van der Waals surface area contributed by atoms with Crippen molar-refractivity contribution in [3.05, 3.63) is 28.5 Å². The van der Waals surface area contributed by atoms with E-state index in [0.717, 1.165) is 28.9 Å². The topological polar surface area (TPSA) is 21.1 Å². The molecule has 2 aromatic rings. The smallest absolute Gasteiger partial charge is 0.124 e. The molecule has 0 spiro atoms. The van der Waals surface area contributed by atoms with Gasteiger partial charge in [-0.3, -0.25) is 0 Å². The Balaban J connectivity index is 1.93. The van der Waals surface area contributed by atoms with Crippen LogP contribution in [0.15, 0.2) is 22.7 Å². The van der Waals surface area contributed by atoms with Gasteiger partial charge >= 0.3 is 0 Å². The molecule has 0 radical (unpaired) electrons. The van der Waals surface area contributed by atoms with Gasteiger partial charge in [-0.25, -0.2) is 4.98 Å². The molecule has 0 bridgehead atoms. The van der Waals surface area contributed by atoms with Gasteiger partial charge in [0, 0.05) is 17.6 Å². The number of halogens is 2. The molecule has 2 heterocycles. The third kappa shape index (κ3) is 2.87. The van der Waals surface area contributed by atoms with Crippen molar-refractivity contribution < 1.29 is 0 Å². The van der Waals surface area contributed by atoms with E-state index in [4.69, 9.17) is 11.6 Å². The molecule has 3 rings (SSSR count). The lowest BCUT2D eigenvalue weighted by Crippen LogP contribution is -2.34. The van der Waals surface area contributed by atoms with Crippen LogP contribution in [-0.4, -0.2) is 34.6 Å². The average Bonchev–Trinajstić information content (AvgIpc) is 2.76. The van der Waals surface area contributed by atoms with E-state index in [1.54, 1.807) is 0 Å². The lowest BCUT2D eigenvalue weighted by Gasteiger charge is -2.30. The van der Waals surface area contributed by atoms with E-state index in [2.05, 4.69) is 55.6 Å². The molecule has 1 atom stereocenters. The number of likely N-dealkylation sites (tertiary alicyclic amines) is 1. The molecule has 1 aliphatic rings. The molecule has 1 aliphatic heterocycles. The number of nitrogens with zero attached hydrogens (tertiary/aromatic N) is 3. The highest BCUT2D eigenvalue weighted by Gasteiger charge is 2.20. The van der Waals surface area contributed by atoms with E-state index in [0.29, 0.717) is 11.8 Å². The normalized spacial score (nSPS) is 20.6. The van der Waals surface area contributed by atoms with Crippen LogP contribution in [0.3, 0.4) is 0 Å². The summed E-state index contributed by atoms with van der Waals surface area (Å²) in [5.41, 5.74) is 2.22. The van der Waals surface area contributed by atoms with E-state index < -0.39 is 0 Å². The summed E-state index contributed by atoms with van der Waals surface area (Å²) in [4.78, 5) is 7.08. The molecule has 1 saturated heterocycles. The number of rotatable bonds is 3. The summed E-state index contributed by atoms with van der Waals surface area (Å²) in [6.45, 7) is 3.40. The van der Waals surface area contributed by atoms with Gasteiger partial charge in [0.25, 0.3) is 0 Å².